The molecule has 0 aromatic carbocycles. The molecule has 0 fully saturated rings. The second kappa shape index (κ2) is 4.47. The number of hydrogen-bond donors (Lipinski definition) is 0. The van der Waals surface area contributed by atoms with E-state index in [0.29, 0.717) is 5.42 Å². The Kier molecular flexibility index (Phi) is 3.29. The van der Waals surface area contributed by atoms with Gasteiger partial charge >= 0.3 is 0 Å². The molecule has 0 saturated heterocycles. The van der Waals surface area contributed by atoms with Crippen molar-refractivity contribution in [3.63, 3.8) is 0 Å². The van der Waals surface area contributed by atoms with Gasteiger partial charge in [-0.15, -0.1) is 0 Å². The Morgan fingerprint density at radius 3 is 2.50 bits per heavy atom. The van der Waals surface area contributed by atoms with E-state index in [1.54, 1.807) is 12.2 Å². The molecule has 72 valence electrons. The molecule has 0 N–H and O–H groups in total. The predicted molar refractivity (Wildman–Crippen MR) is 62.1 cm³/mol. The monoisotopic (exact) mass is 186 g/mol. The molecular formula is C13H14O. The van der Waals surface area contributed by atoms with Crippen molar-refractivity contribution in [2.24, 2.45) is 0 Å². The van der Waals surface area contributed by atoms with Crippen LogP contribution in [0.5, 0.6) is 0 Å². The van der Waals surface area contributed by atoms with Crippen molar-refractivity contribution in [1.29, 1.82) is 0 Å². The molecule has 0 spiro atoms. The van der Waals surface area contributed by atoms with Crippen LogP contribution < -0.4 is 10.6 Å². The predicted octanol–water partition coefficient (Wildman–Crippen LogP) is 2.16. The van der Waals surface area contributed by atoms with E-state index in [0.717, 1.165) is 16.5 Å². The molecule has 0 aliphatic heterocycles. The molecule has 0 saturated carbocycles. The molecule has 1 rings (SSSR count). The number of rotatable bonds is 3. The maximum absolute atomic E-state index is 5.48. The van der Waals surface area contributed by atoms with Gasteiger partial charge in [-0.1, -0.05) is 44.0 Å². The van der Waals surface area contributed by atoms with E-state index >= 15 is 0 Å². The SMILES string of the molecule is C=C/C=C\c1oc(=C)/c(=C\C=C)c1C. The van der Waals surface area contributed by atoms with E-state index in [4.69, 9.17) is 4.42 Å². The van der Waals surface area contributed by atoms with Gasteiger partial charge < -0.3 is 4.42 Å². The smallest absolute Gasteiger partial charge is 0.131 e. The summed E-state index contributed by atoms with van der Waals surface area (Å²) in [5.41, 5.74) is 1.75. The summed E-state index contributed by atoms with van der Waals surface area (Å²) in [6.45, 7) is 13.1. The van der Waals surface area contributed by atoms with Gasteiger partial charge in [0.1, 0.15) is 11.2 Å². The van der Waals surface area contributed by atoms with Crippen LogP contribution >= 0.6 is 0 Å². The first-order chi connectivity index (χ1) is 6.70. The van der Waals surface area contributed by atoms with Crippen LogP contribution in [0.25, 0.3) is 18.7 Å². The Labute approximate surface area is 84.1 Å². The summed E-state index contributed by atoms with van der Waals surface area (Å²) in [6.07, 6.45) is 9.04. The average molecular weight is 186 g/mol. The lowest BCUT2D eigenvalue weighted by atomic mass is 10.2. The quantitative estimate of drug-likeness (QED) is 0.659. The minimum Gasteiger partial charge on any atom is -0.457 e. The Morgan fingerprint density at radius 1 is 1.21 bits per heavy atom. The molecule has 0 amide bonds. The Morgan fingerprint density at radius 2 is 1.93 bits per heavy atom. The van der Waals surface area contributed by atoms with E-state index in [1.165, 1.54) is 0 Å². The van der Waals surface area contributed by atoms with Crippen LogP contribution in [0.1, 0.15) is 11.3 Å². The number of allylic oxidation sites excluding steroid dienone is 3. The second-order valence-electron chi connectivity index (χ2n) is 2.93. The average Bonchev–Trinajstić information content (AvgIpc) is 2.43. The van der Waals surface area contributed by atoms with Gasteiger partial charge in [0.2, 0.25) is 0 Å². The van der Waals surface area contributed by atoms with Crippen molar-refractivity contribution in [3.8, 4) is 0 Å². The first kappa shape index (κ1) is 10.3. The maximum atomic E-state index is 5.48. The molecule has 0 aliphatic carbocycles. The summed E-state index contributed by atoms with van der Waals surface area (Å²) >= 11 is 0. The topological polar surface area (TPSA) is 13.1 Å². The molecule has 0 atom stereocenters. The summed E-state index contributed by atoms with van der Waals surface area (Å²) in [5.74, 6) is 0.822. The fourth-order valence-electron chi connectivity index (χ4n) is 1.26. The molecule has 1 aromatic rings. The van der Waals surface area contributed by atoms with Crippen molar-refractivity contribution >= 4 is 18.7 Å². The third kappa shape index (κ3) is 1.94. The molecule has 1 heteroatoms. The lowest BCUT2D eigenvalue weighted by Crippen LogP contribution is -2.19. The molecule has 0 aliphatic rings. The summed E-state index contributed by atoms with van der Waals surface area (Å²) in [5, 5.41) is 1.00. The van der Waals surface area contributed by atoms with Gasteiger partial charge in [-0.3, -0.25) is 0 Å². The molecule has 14 heavy (non-hydrogen) atoms. The highest BCUT2D eigenvalue weighted by Crippen LogP contribution is 2.03. The van der Waals surface area contributed by atoms with Gasteiger partial charge in [-0.05, 0) is 13.0 Å². The van der Waals surface area contributed by atoms with Crippen LogP contribution in [0.4, 0.5) is 0 Å². The van der Waals surface area contributed by atoms with Gasteiger partial charge in [-0.2, -0.15) is 0 Å². The molecule has 0 bridgehead atoms. The summed E-state index contributed by atoms with van der Waals surface area (Å²) in [7, 11) is 0. The molecular weight excluding hydrogens is 172 g/mol. The van der Waals surface area contributed by atoms with E-state index in [2.05, 4.69) is 19.7 Å². The van der Waals surface area contributed by atoms with E-state index < -0.39 is 0 Å². The second-order valence-corrected chi connectivity index (χ2v) is 2.93. The zero-order chi connectivity index (χ0) is 10.6. The summed E-state index contributed by atoms with van der Waals surface area (Å²) in [4.78, 5) is 0. The van der Waals surface area contributed by atoms with Gasteiger partial charge in [0.25, 0.3) is 0 Å². The Balaban J connectivity index is 3.38. The van der Waals surface area contributed by atoms with Crippen molar-refractivity contribution in [2.75, 3.05) is 0 Å². The fraction of sp³-hybridized carbons (Fsp3) is 0.0769. The first-order valence-electron chi connectivity index (χ1n) is 4.41. The van der Waals surface area contributed by atoms with Crippen LogP contribution in [-0.4, -0.2) is 0 Å². The maximum Gasteiger partial charge on any atom is 0.131 e. The molecule has 1 nitrogen and oxygen atoms in total. The highest BCUT2D eigenvalue weighted by Gasteiger charge is 2.01. The van der Waals surface area contributed by atoms with Crippen LogP contribution in [0.2, 0.25) is 0 Å². The third-order valence-electron chi connectivity index (χ3n) is 1.98. The fourth-order valence-corrected chi connectivity index (χ4v) is 1.26. The van der Waals surface area contributed by atoms with Crippen molar-refractivity contribution in [2.45, 2.75) is 6.92 Å². The Bertz CT molecular complexity index is 472. The lowest BCUT2D eigenvalue weighted by Gasteiger charge is -1.85. The van der Waals surface area contributed by atoms with Crippen LogP contribution in [0, 0.1) is 6.92 Å². The first-order valence-corrected chi connectivity index (χ1v) is 4.41. The number of furan rings is 1. The van der Waals surface area contributed by atoms with Crippen LogP contribution in [-0.2, 0) is 0 Å². The van der Waals surface area contributed by atoms with Crippen molar-refractivity contribution in [1.82, 2.24) is 0 Å². The van der Waals surface area contributed by atoms with Gasteiger partial charge in [0.05, 0.1) is 0 Å². The van der Waals surface area contributed by atoms with E-state index in [9.17, 15) is 0 Å². The van der Waals surface area contributed by atoms with Gasteiger partial charge in [0, 0.05) is 10.8 Å². The standard InChI is InChI=1S/C13H14O/c1-5-7-9-13-10(3)12(8-6-2)11(4)14-13/h5-9H,1-2,4H2,3H3/b9-7-,12-8-. The molecule has 1 heterocycles. The zero-order valence-corrected chi connectivity index (χ0v) is 8.42. The van der Waals surface area contributed by atoms with E-state index in [1.807, 2.05) is 25.2 Å². The minimum absolute atomic E-state index is 0.672. The van der Waals surface area contributed by atoms with E-state index in [-0.39, 0.29) is 0 Å². The molecule has 0 radical (unpaired) electrons. The minimum atomic E-state index is 0.672. The van der Waals surface area contributed by atoms with Crippen molar-refractivity contribution in [3.05, 3.63) is 53.3 Å². The largest absolute Gasteiger partial charge is 0.457 e. The van der Waals surface area contributed by atoms with Crippen LogP contribution in [0.15, 0.2) is 35.8 Å². The zero-order valence-electron chi connectivity index (χ0n) is 8.42. The highest BCUT2D eigenvalue weighted by molar-refractivity contribution is 5.52. The highest BCUT2D eigenvalue weighted by atomic mass is 16.3. The lowest BCUT2D eigenvalue weighted by molar-refractivity contribution is 0.522. The third-order valence-corrected chi connectivity index (χ3v) is 1.98. The normalized spacial score (nSPS) is 12.2. The van der Waals surface area contributed by atoms with Crippen LogP contribution in [0.3, 0.4) is 0 Å². The molecule has 0 unspecified atom stereocenters. The molecule has 1 aromatic heterocycles. The van der Waals surface area contributed by atoms with Gasteiger partial charge in [-0.25, -0.2) is 0 Å². The van der Waals surface area contributed by atoms with Gasteiger partial charge in [0.15, 0.2) is 0 Å². The van der Waals surface area contributed by atoms with Crippen molar-refractivity contribution < 1.29 is 4.42 Å². The summed E-state index contributed by atoms with van der Waals surface area (Å²) in [6, 6.07) is 0. The Hall–Kier alpha value is -1.76. The number of hydrogen-bond acceptors (Lipinski definition) is 1. The summed E-state index contributed by atoms with van der Waals surface area (Å²) < 4.78 is 5.48.